The van der Waals surface area contributed by atoms with E-state index in [1.807, 2.05) is 6.92 Å². The summed E-state index contributed by atoms with van der Waals surface area (Å²) in [6, 6.07) is 0.678. The molecule has 2 unspecified atom stereocenters. The van der Waals surface area contributed by atoms with Crippen LogP contribution in [0.15, 0.2) is 4.42 Å². The molecule has 5 heteroatoms. The molecule has 0 spiro atoms. The third-order valence-electron chi connectivity index (χ3n) is 3.84. The van der Waals surface area contributed by atoms with Crippen LogP contribution in [0.4, 0.5) is 0 Å². The number of nitrogens with zero attached hydrogens (tertiary/aromatic N) is 3. The van der Waals surface area contributed by atoms with Crippen molar-refractivity contribution in [2.45, 2.75) is 38.8 Å². The molecule has 2 atom stereocenters. The van der Waals surface area contributed by atoms with Crippen LogP contribution in [0.25, 0.3) is 0 Å². The van der Waals surface area contributed by atoms with Crippen LogP contribution in [-0.2, 0) is 13.0 Å². The maximum atomic E-state index is 5.56. The summed E-state index contributed by atoms with van der Waals surface area (Å²) in [6.45, 7) is 6.30. The molecular weight excluding hydrogens is 216 g/mol. The van der Waals surface area contributed by atoms with E-state index in [0.29, 0.717) is 6.04 Å². The first-order chi connectivity index (χ1) is 8.35. The van der Waals surface area contributed by atoms with E-state index in [0.717, 1.165) is 37.2 Å². The highest BCUT2D eigenvalue weighted by Gasteiger charge is 2.34. The summed E-state index contributed by atoms with van der Waals surface area (Å²) in [5.41, 5.74) is 0. The molecule has 0 bridgehead atoms. The van der Waals surface area contributed by atoms with Crippen molar-refractivity contribution in [3.63, 3.8) is 0 Å². The van der Waals surface area contributed by atoms with Gasteiger partial charge in [-0.05, 0) is 25.3 Å². The van der Waals surface area contributed by atoms with Crippen molar-refractivity contribution in [3.8, 4) is 0 Å². The van der Waals surface area contributed by atoms with Gasteiger partial charge in [-0.1, -0.05) is 6.92 Å². The van der Waals surface area contributed by atoms with E-state index in [4.69, 9.17) is 4.42 Å². The minimum absolute atomic E-state index is 0.678. The highest BCUT2D eigenvalue weighted by atomic mass is 16.4. The Balaban J connectivity index is 1.59. The van der Waals surface area contributed by atoms with Gasteiger partial charge in [-0.2, -0.15) is 0 Å². The van der Waals surface area contributed by atoms with E-state index in [9.17, 15) is 0 Å². The average molecular weight is 236 g/mol. The molecule has 2 aliphatic heterocycles. The van der Waals surface area contributed by atoms with Gasteiger partial charge < -0.3 is 9.73 Å². The molecule has 2 fully saturated rings. The molecule has 2 aliphatic rings. The summed E-state index contributed by atoms with van der Waals surface area (Å²) in [5.74, 6) is 2.33. The molecule has 0 saturated carbocycles. The number of fused-ring (bicyclic) bond motifs is 1. The van der Waals surface area contributed by atoms with E-state index >= 15 is 0 Å². The van der Waals surface area contributed by atoms with Crippen molar-refractivity contribution in [2.75, 3.05) is 19.6 Å². The highest BCUT2D eigenvalue weighted by molar-refractivity contribution is 4.93. The van der Waals surface area contributed by atoms with Crippen molar-refractivity contribution in [1.29, 1.82) is 0 Å². The lowest BCUT2D eigenvalue weighted by atomic mass is 9.94. The highest BCUT2D eigenvalue weighted by Crippen LogP contribution is 2.25. The van der Waals surface area contributed by atoms with Crippen LogP contribution < -0.4 is 5.32 Å². The summed E-state index contributed by atoms with van der Waals surface area (Å²) < 4.78 is 5.56. The van der Waals surface area contributed by atoms with Gasteiger partial charge in [-0.25, -0.2) is 0 Å². The third-order valence-corrected chi connectivity index (χ3v) is 3.84. The smallest absolute Gasteiger partial charge is 0.230 e. The van der Waals surface area contributed by atoms with Crippen LogP contribution in [0.1, 0.15) is 31.5 Å². The van der Waals surface area contributed by atoms with E-state index in [2.05, 4.69) is 20.4 Å². The fourth-order valence-corrected chi connectivity index (χ4v) is 2.95. The van der Waals surface area contributed by atoms with Gasteiger partial charge in [0.15, 0.2) is 0 Å². The van der Waals surface area contributed by atoms with Crippen molar-refractivity contribution in [3.05, 3.63) is 11.8 Å². The number of piperidine rings is 1. The number of likely N-dealkylation sites (tertiary alicyclic amines) is 1. The standard InChI is InChI=1S/C12H20N4O/c1-2-11-14-15-12(17-11)8-16-6-9-4-3-5-13-10(9)7-16/h9-10,13H,2-8H2,1H3. The minimum atomic E-state index is 0.678. The topological polar surface area (TPSA) is 54.2 Å². The first-order valence-corrected chi connectivity index (χ1v) is 6.62. The largest absolute Gasteiger partial charge is 0.424 e. The predicted molar refractivity (Wildman–Crippen MR) is 63.5 cm³/mol. The monoisotopic (exact) mass is 236 g/mol. The summed E-state index contributed by atoms with van der Waals surface area (Å²) in [7, 11) is 0. The van der Waals surface area contributed by atoms with Gasteiger partial charge in [0.25, 0.3) is 0 Å². The lowest BCUT2D eigenvalue weighted by Gasteiger charge is -2.24. The van der Waals surface area contributed by atoms with Crippen LogP contribution >= 0.6 is 0 Å². The van der Waals surface area contributed by atoms with Crippen molar-refractivity contribution in [2.24, 2.45) is 5.92 Å². The molecule has 1 N–H and O–H groups in total. The van der Waals surface area contributed by atoms with E-state index in [-0.39, 0.29) is 0 Å². The Morgan fingerprint density at radius 1 is 1.35 bits per heavy atom. The molecule has 2 saturated heterocycles. The van der Waals surface area contributed by atoms with Gasteiger partial charge in [0, 0.05) is 25.6 Å². The molecule has 1 aromatic rings. The molecule has 3 rings (SSSR count). The Kier molecular flexibility index (Phi) is 3.11. The first-order valence-electron chi connectivity index (χ1n) is 6.62. The van der Waals surface area contributed by atoms with E-state index in [1.54, 1.807) is 0 Å². The molecule has 0 radical (unpaired) electrons. The number of hydrogen-bond acceptors (Lipinski definition) is 5. The predicted octanol–water partition coefficient (Wildman–Crippen LogP) is 0.816. The van der Waals surface area contributed by atoms with Gasteiger partial charge in [0.1, 0.15) is 0 Å². The molecule has 17 heavy (non-hydrogen) atoms. The van der Waals surface area contributed by atoms with Crippen molar-refractivity contribution >= 4 is 0 Å². The summed E-state index contributed by atoms with van der Waals surface area (Å²) in [4.78, 5) is 2.43. The Morgan fingerprint density at radius 2 is 2.24 bits per heavy atom. The number of aromatic nitrogens is 2. The third kappa shape index (κ3) is 2.35. The van der Waals surface area contributed by atoms with E-state index in [1.165, 1.54) is 25.9 Å². The van der Waals surface area contributed by atoms with Crippen LogP contribution in [0.2, 0.25) is 0 Å². The fourth-order valence-electron chi connectivity index (χ4n) is 2.95. The van der Waals surface area contributed by atoms with Crippen LogP contribution in [0, 0.1) is 5.92 Å². The Bertz CT molecular complexity index is 364. The van der Waals surface area contributed by atoms with Crippen LogP contribution in [0.3, 0.4) is 0 Å². The zero-order chi connectivity index (χ0) is 11.7. The molecule has 5 nitrogen and oxygen atoms in total. The summed E-state index contributed by atoms with van der Waals surface area (Å²) in [5, 5.41) is 11.7. The number of aryl methyl sites for hydroxylation is 1. The Hall–Kier alpha value is -0.940. The normalized spacial score (nSPS) is 29.5. The van der Waals surface area contributed by atoms with E-state index < -0.39 is 0 Å². The minimum Gasteiger partial charge on any atom is -0.424 e. The number of hydrogen-bond donors (Lipinski definition) is 1. The molecule has 1 aromatic heterocycles. The summed E-state index contributed by atoms with van der Waals surface area (Å²) in [6.07, 6.45) is 3.49. The lowest BCUT2D eigenvalue weighted by Crippen LogP contribution is -2.40. The molecule has 94 valence electrons. The van der Waals surface area contributed by atoms with Crippen LogP contribution in [0.5, 0.6) is 0 Å². The van der Waals surface area contributed by atoms with Gasteiger partial charge in [-0.3, -0.25) is 4.90 Å². The van der Waals surface area contributed by atoms with Crippen molar-refractivity contribution in [1.82, 2.24) is 20.4 Å². The quantitative estimate of drug-likeness (QED) is 0.842. The molecular formula is C12H20N4O. The Morgan fingerprint density at radius 3 is 3.00 bits per heavy atom. The zero-order valence-corrected chi connectivity index (χ0v) is 10.4. The van der Waals surface area contributed by atoms with Crippen molar-refractivity contribution < 1.29 is 4.42 Å². The second-order valence-electron chi connectivity index (χ2n) is 5.10. The van der Waals surface area contributed by atoms with Gasteiger partial charge >= 0.3 is 0 Å². The van der Waals surface area contributed by atoms with Crippen LogP contribution in [-0.4, -0.2) is 40.8 Å². The number of nitrogens with one attached hydrogen (secondary N) is 1. The SMILES string of the molecule is CCc1nnc(CN2CC3CCCNC3C2)o1. The average Bonchev–Trinajstić information content (AvgIpc) is 2.94. The van der Waals surface area contributed by atoms with Gasteiger partial charge in [0.2, 0.25) is 11.8 Å². The molecule has 0 aliphatic carbocycles. The first kappa shape index (κ1) is 11.2. The van der Waals surface area contributed by atoms with Gasteiger partial charge in [0.05, 0.1) is 6.54 Å². The summed E-state index contributed by atoms with van der Waals surface area (Å²) >= 11 is 0. The Labute approximate surface area is 102 Å². The van der Waals surface area contributed by atoms with Gasteiger partial charge in [-0.15, -0.1) is 10.2 Å². The lowest BCUT2D eigenvalue weighted by molar-refractivity contribution is 0.275. The maximum Gasteiger partial charge on any atom is 0.230 e. The second-order valence-corrected chi connectivity index (χ2v) is 5.10. The molecule has 0 aromatic carbocycles. The fraction of sp³-hybridized carbons (Fsp3) is 0.833. The molecule has 3 heterocycles. The maximum absolute atomic E-state index is 5.56. The molecule has 0 amide bonds. The second kappa shape index (κ2) is 4.74. The zero-order valence-electron chi connectivity index (χ0n) is 10.4. The number of rotatable bonds is 3.